The summed E-state index contributed by atoms with van der Waals surface area (Å²) in [7, 11) is 1.95. The van der Waals surface area contributed by atoms with Gasteiger partial charge in [0, 0.05) is 57.7 Å². The molecule has 1 fully saturated rings. The molecule has 0 radical (unpaired) electrons. The summed E-state index contributed by atoms with van der Waals surface area (Å²) in [6.45, 7) is 5.79. The van der Waals surface area contributed by atoms with Gasteiger partial charge in [-0.3, -0.25) is 19.5 Å². The molecule has 1 atom stereocenters. The highest BCUT2D eigenvalue weighted by molar-refractivity contribution is 5.93. The van der Waals surface area contributed by atoms with E-state index in [2.05, 4.69) is 43.7 Å². The average Bonchev–Trinajstić information content (AvgIpc) is 3.34. The number of guanidine groups is 1. The standard InChI is InChI=1S/C19H27N7O/c1-3-21-19(23-9-8-22-18(27)15-5-4-7-20-11-15)26-10-6-16(14-26)17-12-24-25(2)13-17/h4-5,7,11-13,16H,3,6,8-10,14H2,1-2H3,(H,21,23)(H,22,27). The summed E-state index contributed by atoms with van der Waals surface area (Å²) in [5.74, 6) is 1.26. The lowest BCUT2D eigenvalue weighted by atomic mass is 10.0. The monoisotopic (exact) mass is 369 g/mol. The van der Waals surface area contributed by atoms with E-state index in [1.165, 1.54) is 5.56 Å². The van der Waals surface area contributed by atoms with Gasteiger partial charge in [-0.2, -0.15) is 5.10 Å². The van der Waals surface area contributed by atoms with Crippen LogP contribution in [-0.4, -0.2) is 64.3 Å². The first-order chi connectivity index (χ1) is 13.2. The molecule has 0 spiro atoms. The molecular weight excluding hydrogens is 342 g/mol. The average molecular weight is 369 g/mol. The number of nitrogens with zero attached hydrogens (tertiary/aromatic N) is 5. The highest BCUT2D eigenvalue weighted by Gasteiger charge is 2.26. The molecule has 2 aromatic heterocycles. The number of carbonyl (C=O) groups is 1. The number of hydrogen-bond acceptors (Lipinski definition) is 4. The highest BCUT2D eigenvalue weighted by Crippen LogP contribution is 2.26. The van der Waals surface area contributed by atoms with Crippen LogP contribution in [0.1, 0.15) is 35.2 Å². The minimum atomic E-state index is -0.124. The number of likely N-dealkylation sites (tertiary alicyclic amines) is 1. The molecule has 8 heteroatoms. The largest absolute Gasteiger partial charge is 0.357 e. The van der Waals surface area contributed by atoms with Crippen molar-refractivity contribution in [3.63, 3.8) is 0 Å². The van der Waals surface area contributed by atoms with Crippen molar-refractivity contribution in [1.29, 1.82) is 0 Å². The van der Waals surface area contributed by atoms with E-state index in [-0.39, 0.29) is 5.91 Å². The lowest BCUT2D eigenvalue weighted by Crippen LogP contribution is -2.40. The van der Waals surface area contributed by atoms with Gasteiger partial charge in [0.15, 0.2) is 5.96 Å². The van der Waals surface area contributed by atoms with E-state index in [4.69, 9.17) is 0 Å². The molecule has 0 aliphatic carbocycles. The highest BCUT2D eigenvalue weighted by atomic mass is 16.1. The smallest absolute Gasteiger partial charge is 0.252 e. The van der Waals surface area contributed by atoms with Crippen LogP contribution in [0.15, 0.2) is 41.9 Å². The second kappa shape index (κ2) is 9.16. The Kier molecular flexibility index (Phi) is 6.40. The third-order valence-corrected chi connectivity index (χ3v) is 4.60. The minimum Gasteiger partial charge on any atom is -0.357 e. The molecule has 1 aliphatic rings. The second-order valence-electron chi connectivity index (χ2n) is 6.61. The van der Waals surface area contributed by atoms with Gasteiger partial charge >= 0.3 is 0 Å². The summed E-state index contributed by atoms with van der Waals surface area (Å²) in [4.78, 5) is 23.0. The minimum absolute atomic E-state index is 0.124. The maximum Gasteiger partial charge on any atom is 0.252 e. The van der Waals surface area contributed by atoms with Gasteiger partial charge in [-0.15, -0.1) is 0 Å². The third-order valence-electron chi connectivity index (χ3n) is 4.60. The van der Waals surface area contributed by atoms with E-state index < -0.39 is 0 Å². The Balaban J connectivity index is 1.51. The molecular formula is C19H27N7O. The Hall–Kier alpha value is -2.90. The van der Waals surface area contributed by atoms with Gasteiger partial charge in [-0.1, -0.05) is 0 Å². The van der Waals surface area contributed by atoms with E-state index in [1.54, 1.807) is 24.5 Å². The number of pyridine rings is 1. The Bertz CT molecular complexity index is 771. The zero-order chi connectivity index (χ0) is 19.1. The maximum absolute atomic E-state index is 12.0. The first-order valence-electron chi connectivity index (χ1n) is 9.37. The van der Waals surface area contributed by atoms with E-state index in [9.17, 15) is 4.79 Å². The lowest BCUT2D eigenvalue weighted by molar-refractivity contribution is 0.0954. The van der Waals surface area contributed by atoms with Crippen molar-refractivity contribution in [2.45, 2.75) is 19.3 Å². The summed E-state index contributed by atoms with van der Waals surface area (Å²) in [6.07, 6.45) is 8.34. The molecule has 0 saturated carbocycles. The van der Waals surface area contributed by atoms with Crippen LogP contribution in [0, 0.1) is 0 Å². The molecule has 3 rings (SSSR count). The normalized spacial score (nSPS) is 17.2. The SMILES string of the molecule is CCNC(=NCCNC(=O)c1cccnc1)N1CCC(c2cnn(C)c2)C1. The topological polar surface area (TPSA) is 87.4 Å². The van der Waals surface area contributed by atoms with Crippen molar-refractivity contribution in [3.05, 3.63) is 48.0 Å². The zero-order valence-electron chi connectivity index (χ0n) is 15.9. The van der Waals surface area contributed by atoms with Crippen LogP contribution in [-0.2, 0) is 7.05 Å². The Morgan fingerprint density at radius 1 is 1.37 bits per heavy atom. The second-order valence-corrected chi connectivity index (χ2v) is 6.61. The predicted octanol–water partition coefficient (Wildman–Crippen LogP) is 1.000. The molecule has 144 valence electrons. The first kappa shape index (κ1) is 18.9. The summed E-state index contributed by atoms with van der Waals surface area (Å²) in [5.41, 5.74) is 1.84. The van der Waals surface area contributed by atoms with Crippen molar-refractivity contribution in [2.75, 3.05) is 32.7 Å². The lowest BCUT2D eigenvalue weighted by Gasteiger charge is -2.21. The zero-order valence-corrected chi connectivity index (χ0v) is 15.9. The van der Waals surface area contributed by atoms with E-state index in [1.807, 2.05) is 17.9 Å². The van der Waals surface area contributed by atoms with Gasteiger partial charge in [0.2, 0.25) is 0 Å². The number of aromatic nitrogens is 3. The van der Waals surface area contributed by atoms with Crippen LogP contribution in [0.3, 0.4) is 0 Å². The van der Waals surface area contributed by atoms with E-state index in [0.29, 0.717) is 24.6 Å². The molecule has 2 aromatic rings. The fourth-order valence-corrected chi connectivity index (χ4v) is 3.23. The van der Waals surface area contributed by atoms with Gasteiger partial charge in [-0.05, 0) is 31.0 Å². The summed E-state index contributed by atoms with van der Waals surface area (Å²) in [6, 6.07) is 3.50. The van der Waals surface area contributed by atoms with Crippen LogP contribution in [0.25, 0.3) is 0 Å². The fourth-order valence-electron chi connectivity index (χ4n) is 3.23. The van der Waals surface area contributed by atoms with Crippen molar-refractivity contribution in [3.8, 4) is 0 Å². The quantitative estimate of drug-likeness (QED) is 0.451. The number of amides is 1. The van der Waals surface area contributed by atoms with Crippen LogP contribution in [0.2, 0.25) is 0 Å². The summed E-state index contributed by atoms with van der Waals surface area (Å²) in [5, 5.41) is 10.5. The molecule has 1 saturated heterocycles. The Morgan fingerprint density at radius 2 is 2.26 bits per heavy atom. The van der Waals surface area contributed by atoms with Crippen LogP contribution in [0.5, 0.6) is 0 Å². The Morgan fingerprint density at radius 3 is 2.96 bits per heavy atom. The molecule has 1 amide bonds. The molecule has 0 aromatic carbocycles. The first-order valence-corrected chi connectivity index (χ1v) is 9.37. The van der Waals surface area contributed by atoms with Crippen LogP contribution in [0.4, 0.5) is 0 Å². The molecule has 3 heterocycles. The molecule has 2 N–H and O–H groups in total. The van der Waals surface area contributed by atoms with Crippen LogP contribution < -0.4 is 10.6 Å². The summed E-state index contributed by atoms with van der Waals surface area (Å²) >= 11 is 0. The van der Waals surface area contributed by atoms with Crippen molar-refractivity contribution in [2.24, 2.45) is 12.0 Å². The Labute approximate surface area is 159 Å². The van der Waals surface area contributed by atoms with Gasteiger partial charge < -0.3 is 15.5 Å². The van der Waals surface area contributed by atoms with Gasteiger partial charge in [0.1, 0.15) is 0 Å². The fraction of sp³-hybridized carbons (Fsp3) is 0.474. The van der Waals surface area contributed by atoms with E-state index >= 15 is 0 Å². The number of hydrogen-bond donors (Lipinski definition) is 2. The number of aryl methyl sites for hydroxylation is 1. The number of rotatable bonds is 6. The van der Waals surface area contributed by atoms with Gasteiger partial charge in [0.25, 0.3) is 5.91 Å². The number of carbonyl (C=O) groups excluding carboxylic acids is 1. The predicted molar refractivity (Wildman–Crippen MR) is 105 cm³/mol. The number of aliphatic imine (C=N–C) groups is 1. The van der Waals surface area contributed by atoms with Crippen molar-refractivity contribution >= 4 is 11.9 Å². The molecule has 8 nitrogen and oxygen atoms in total. The maximum atomic E-state index is 12.0. The van der Waals surface area contributed by atoms with Gasteiger partial charge in [-0.25, -0.2) is 0 Å². The van der Waals surface area contributed by atoms with Crippen LogP contribution >= 0.6 is 0 Å². The molecule has 0 bridgehead atoms. The van der Waals surface area contributed by atoms with E-state index in [0.717, 1.165) is 32.0 Å². The molecule has 1 unspecified atom stereocenters. The number of nitrogens with one attached hydrogen (secondary N) is 2. The molecule has 1 aliphatic heterocycles. The van der Waals surface area contributed by atoms with Crippen molar-refractivity contribution in [1.82, 2.24) is 30.3 Å². The summed E-state index contributed by atoms with van der Waals surface area (Å²) < 4.78 is 1.85. The third kappa shape index (κ3) is 5.06. The van der Waals surface area contributed by atoms with Gasteiger partial charge in [0.05, 0.1) is 18.3 Å². The van der Waals surface area contributed by atoms with Crippen molar-refractivity contribution < 1.29 is 4.79 Å². The molecule has 27 heavy (non-hydrogen) atoms.